The number of aromatic nitrogens is 2. The number of nitrogens with zero attached hydrogens (tertiary/aromatic N) is 2. The van der Waals surface area contributed by atoms with Gasteiger partial charge in [-0.2, -0.15) is 13.1 Å². The van der Waals surface area contributed by atoms with Crippen LogP contribution < -0.4 is 24.8 Å². The van der Waals surface area contributed by atoms with Crippen molar-refractivity contribution in [2.24, 2.45) is 0 Å². The zero-order valence-corrected chi connectivity index (χ0v) is 23.8. The van der Waals surface area contributed by atoms with Crippen LogP contribution in [0.5, 0.6) is 5.75 Å². The van der Waals surface area contributed by atoms with E-state index in [0.717, 1.165) is 30.4 Å². The first-order valence-electron chi connectivity index (χ1n) is 13.6. The van der Waals surface area contributed by atoms with Crippen LogP contribution in [0.2, 0.25) is 0 Å². The van der Waals surface area contributed by atoms with Crippen LogP contribution in [0.25, 0.3) is 0 Å². The minimum atomic E-state index is -3.68. The van der Waals surface area contributed by atoms with Crippen molar-refractivity contribution in [3.05, 3.63) is 83.7 Å². The number of hydrogen-bond donors (Lipinski definition) is 4. The van der Waals surface area contributed by atoms with Gasteiger partial charge in [-0.15, -0.1) is 0 Å². The highest BCUT2D eigenvalue weighted by molar-refractivity contribution is 7.87. The maximum absolute atomic E-state index is 13.0. The summed E-state index contributed by atoms with van der Waals surface area (Å²) in [5.41, 5.74) is 2.36. The molecular weight excluding hydrogens is 528 g/mol. The van der Waals surface area contributed by atoms with Crippen molar-refractivity contribution in [1.82, 2.24) is 24.7 Å². The molecule has 0 atom stereocenters. The minimum absolute atomic E-state index is 0.194. The summed E-state index contributed by atoms with van der Waals surface area (Å²) in [6.45, 7) is 3.03. The number of anilines is 1. The largest absolute Gasteiger partial charge is 0.496 e. The fourth-order valence-corrected chi connectivity index (χ4v) is 6.20. The van der Waals surface area contributed by atoms with Crippen molar-refractivity contribution < 1.29 is 17.9 Å². The van der Waals surface area contributed by atoms with E-state index in [0.29, 0.717) is 43.2 Å². The predicted octanol–water partition coefficient (Wildman–Crippen LogP) is 3.19. The average Bonchev–Trinajstić information content (AvgIpc) is 2.99. The number of carbonyl (C=O) groups excluding carboxylic acids is 1. The number of ether oxygens (including phenoxy) is 1. The molecule has 4 rings (SSSR count). The number of carbonyl (C=O) groups is 1. The fraction of sp³-hybridized carbons (Fsp3) is 0.414. The Kier molecular flexibility index (Phi) is 10.1. The normalized spacial score (nSPS) is 19.1. The fourth-order valence-electron chi connectivity index (χ4n) is 5.07. The summed E-state index contributed by atoms with van der Waals surface area (Å²) >= 11 is 0. The zero-order valence-electron chi connectivity index (χ0n) is 23.0. The molecule has 1 heterocycles. The maximum Gasteiger partial charge on any atom is 0.277 e. The van der Waals surface area contributed by atoms with Crippen LogP contribution in [0.4, 0.5) is 5.95 Å². The molecule has 1 aliphatic rings. The van der Waals surface area contributed by atoms with E-state index >= 15 is 0 Å². The number of benzene rings is 2. The smallest absolute Gasteiger partial charge is 0.277 e. The topological polar surface area (TPSA) is 134 Å². The van der Waals surface area contributed by atoms with Gasteiger partial charge in [0.25, 0.3) is 16.1 Å². The third-order valence-electron chi connectivity index (χ3n) is 7.40. The molecule has 1 fully saturated rings. The van der Waals surface area contributed by atoms with Crippen molar-refractivity contribution in [1.29, 1.82) is 0 Å². The number of aryl methyl sites for hydroxylation is 1. The Morgan fingerprint density at radius 2 is 1.68 bits per heavy atom. The molecule has 0 unspecified atom stereocenters. The quantitative estimate of drug-likeness (QED) is 0.234. The Hall–Kier alpha value is -3.54. The lowest BCUT2D eigenvalue weighted by Gasteiger charge is -2.41. The number of nitrogens with one attached hydrogen (secondary N) is 4. The van der Waals surface area contributed by atoms with Crippen LogP contribution in [0.3, 0.4) is 0 Å². The van der Waals surface area contributed by atoms with Crippen molar-refractivity contribution in [3.8, 4) is 5.75 Å². The average molecular weight is 567 g/mol. The molecule has 0 saturated heterocycles. The first-order valence-corrected chi connectivity index (χ1v) is 15.1. The maximum atomic E-state index is 13.0. The predicted molar refractivity (Wildman–Crippen MR) is 156 cm³/mol. The highest BCUT2D eigenvalue weighted by Gasteiger charge is 2.38. The van der Waals surface area contributed by atoms with Gasteiger partial charge < -0.3 is 15.4 Å². The number of rotatable bonds is 13. The Bertz CT molecular complexity index is 1340. The first-order chi connectivity index (χ1) is 19.3. The van der Waals surface area contributed by atoms with Gasteiger partial charge >= 0.3 is 0 Å². The standard InChI is InChI=1S/C29H38N6O4S/c1-3-22-19-31-28(32-20-22)30-17-18-34-40(37,38)35-24-13-15-29(16-14-24,23-9-5-4-6-10-23)21-33-27(36)25-11-7-8-12-26(25)39-2/h4-12,19-20,24,34-35H,3,13-18,21H2,1-2H3,(H,33,36)(H,30,31,32)/t24-,29-. The molecule has 3 aromatic rings. The number of hydrogen-bond acceptors (Lipinski definition) is 7. The van der Waals surface area contributed by atoms with Crippen LogP contribution in [-0.4, -0.2) is 57.1 Å². The molecule has 0 bridgehead atoms. The lowest BCUT2D eigenvalue weighted by Crippen LogP contribution is -2.49. The molecule has 214 valence electrons. The Balaban J connectivity index is 1.31. The van der Waals surface area contributed by atoms with Gasteiger partial charge in [0.1, 0.15) is 5.75 Å². The van der Waals surface area contributed by atoms with Crippen LogP contribution >= 0.6 is 0 Å². The SMILES string of the molecule is CCc1cnc(NCCNS(=O)(=O)N[C@H]2CC[C@](CNC(=O)c3ccccc3OC)(c3ccccc3)CC2)nc1. The van der Waals surface area contributed by atoms with Gasteiger partial charge in [-0.05, 0) is 55.4 Å². The first kappa shape index (κ1) is 29.4. The summed E-state index contributed by atoms with van der Waals surface area (Å²) in [5, 5.41) is 6.14. The van der Waals surface area contributed by atoms with Crippen LogP contribution in [-0.2, 0) is 22.0 Å². The van der Waals surface area contributed by atoms with Crippen LogP contribution in [0, 0.1) is 0 Å². The van der Waals surface area contributed by atoms with Gasteiger partial charge in [0, 0.05) is 43.5 Å². The second-order valence-corrected chi connectivity index (χ2v) is 11.5. The molecule has 4 N–H and O–H groups in total. The Morgan fingerprint density at radius 3 is 2.35 bits per heavy atom. The summed E-state index contributed by atoms with van der Waals surface area (Å²) < 4.78 is 36.2. The Morgan fingerprint density at radius 1 is 1.00 bits per heavy atom. The Labute approximate surface area is 236 Å². The second kappa shape index (κ2) is 13.7. The highest BCUT2D eigenvalue weighted by Crippen LogP contribution is 2.39. The molecular formula is C29H38N6O4S. The third kappa shape index (κ3) is 7.77. The van der Waals surface area contributed by atoms with Gasteiger partial charge in [0.05, 0.1) is 12.7 Å². The third-order valence-corrected chi connectivity index (χ3v) is 8.63. The molecule has 0 radical (unpaired) electrons. The van der Waals surface area contributed by atoms with E-state index in [9.17, 15) is 13.2 Å². The summed E-state index contributed by atoms with van der Waals surface area (Å²) in [5.74, 6) is 0.795. The number of amides is 1. The van der Waals surface area contributed by atoms with Crippen LogP contribution in [0.15, 0.2) is 67.0 Å². The van der Waals surface area contributed by atoms with E-state index in [1.54, 1.807) is 31.6 Å². The van der Waals surface area contributed by atoms with Gasteiger partial charge in [-0.25, -0.2) is 14.7 Å². The zero-order chi connectivity index (χ0) is 28.4. The molecule has 11 heteroatoms. The number of methoxy groups -OCH3 is 1. The second-order valence-electron chi connectivity index (χ2n) is 10.0. The van der Waals surface area contributed by atoms with E-state index in [1.165, 1.54) is 0 Å². The lowest BCUT2D eigenvalue weighted by atomic mass is 9.68. The summed E-state index contributed by atoms with van der Waals surface area (Å²) in [6.07, 6.45) is 7.11. The van der Waals surface area contributed by atoms with Gasteiger partial charge in [0.2, 0.25) is 5.95 Å². The van der Waals surface area contributed by atoms with E-state index in [2.05, 4.69) is 42.2 Å². The molecule has 40 heavy (non-hydrogen) atoms. The molecule has 1 amide bonds. The van der Waals surface area contributed by atoms with Crippen molar-refractivity contribution in [2.75, 3.05) is 32.1 Å². The van der Waals surface area contributed by atoms with E-state index in [1.807, 2.05) is 37.3 Å². The molecule has 1 aliphatic carbocycles. The summed E-state index contributed by atoms with van der Waals surface area (Å²) in [4.78, 5) is 21.5. The van der Waals surface area contributed by atoms with Crippen LogP contribution in [0.1, 0.15) is 54.1 Å². The van der Waals surface area contributed by atoms with Crippen molar-refractivity contribution >= 4 is 22.1 Å². The summed E-state index contributed by atoms with van der Waals surface area (Å²) in [7, 11) is -2.14. The van der Waals surface area contributed by atoms with Gasteiger partial charge in [-0.1, -0.05) is 49.4 Å². The van der Waals surface area contributed by atoms with Crippen molar-refractivity contribution in [2.45, 2.75) is 50.5 Å². The molecule has 0 aliphatic heterocycles. The van der Waals surface area contributed by atoms with E-state index in [4.69, 9.17) is 4.74 Å². The highest BCUT2D eigenvalue weighted by atomic mass is 32.2. The molecule has 0 spiro atoms. The molecule has 10 nitrogen and oxygen atoms in total. The molecule has 2 aromatic carbocycles. The molecule has 1 saturated carbocycles. The van der Waals surface area contributed by atoms with E-state index in [-0.39, 0.29) is 23.9 Å². The minimum Gasteiger partial charge on any atom is -0.496 e. The lowest BCUT2D eigenvalue weighted by molar-refractivity contribution is 0.0932. The molecule has 1 aromatic heterocycles. The monoisotopic (exact) mass is 566 g/mol. The van der Waals surface area contributed by atoms with Gasteiger partial charge in [0.15, 0.2) is 0 Å². The van der Waals surface area contributed by atoms with Crippen molar-refractivity contribution in [3.63, 3.8) is 0 Å². The van der Waals surface area contributed by atoms with Gasteiger partial charge in [-0.3, -0.25) is 4.79 Å². The van der Waals surface area contributed by atoms with E-state index < -0.39 is 10.2 Å². The summed E-state index contributed by atoms with van der Waals surface area (Å²) in [6, 6.07) is 17.1. The number of para-hydroxylation sites is 1.